The number of aromatic nitrogens is 1. The summed E-state index contributed by atoms with van der Waals surface area (Å²) in [6.45, 7) is 0. The molecule has 1 atom stereocenters. The van der Waals surface area contributed by atoms with Gasteiger partial charge >= 0.3 is 5.69 Å². The smallest absolute Gasteiger partial charge is 0.311 e. The molecule has 3 rings (SSSR count). The van der Waals surface area contributed by atoms with Crippen molar-refractivity contribution in [3.8, 4) is 0 Å². The lowest BCUT2D eigenvalue weighted by Crippen LogP contribution is -2.17. The van der Waals surface area contributed by atoms with Gasteiger partial charge in [-0.2, -0.15) is 0 Å². The Morgan fingerprint density at radius 2 is 2.29 bits per heavy atom. The number of fused-ring (bicyclic) bond motifs is 1. The van der Waals surface area contributed by atoms with Gasteiger partial charge in [0.15, 0.2) is 0 Å². The highest BCUT2D eigenvalue weighted by atomic mass is 32.2. The predicted molar refractivity (Wildman–Crippen MR) is 79.0 cm³/mol. The van der Waals surface area contributed by atoms with E-state index in [0.717, 1.165) is 22.6 Å². The number of nitro groups is 1. The Bertz CT molecular complexity index is 696. The zero-order valence-corrected chi connectivity index (χ0v) is 11.8. The normalized spacial score (nSPS) is 17.1. The third kappa shape index (κ3) is 2.82. The number of nitrogens with zero attached hydrogens (tertiary/aromatic N) is 2. The fraction of sp³-hybridized carbons (Fsp3) is 0.214. The third-order valence-corrected chi connectivity index (χ3v) is 4.43. The largest absolute Gasteiger partial charge is 0.357 e. The van der Waals surface area contributed by atoms with E-state index in [9.17, 15) is 14.5 Å². The van der Waals surface area contributed by atoms with Gasteiger partial charge in [-0.05, 0) is 36.2 Å². The van der Waals surface area contributed by atoms with E-state index in [1.54, 1.807) is 17.8 Å². The van der Waals surface area contributed by atoms with Crippen LogP contribution in [0.15, 0.2) is 41.4 Å². The molecule has 2 aromatic rings. The van der Waals surface area contributed by atoms with Crippen LogP contribution in [0.4, 0.5) is 15.9 Å². The molecular formula is C14H12FN3O2S. The van der Waals surface area contributed by atoms with Crippen LogP contribution in [0.2, 0.25) is 0 Å². The number of hydrogen-bond acceptors (Lipinski definition) is 5. The topological polar surface area (TPSA) is 68.1 Å². The Morgan fingerprint density at radius 1 is 1.43 bits per heavy atom. The molecule has 1 aromatic heterocycles. The molecule has 0 saturated heterocycles. The number of thioether (sulfide) groups is 1. The van der Waals surface area contributed by atoms with Gasteiger partial charge in [0.25, 0.3) is 0 Å². The Balaban J connectivity index is 1.94. The van der Waals surface area contributed by atoms with Gasteiger partial charge in [-0.15, -0.1) is 11.8 Å². The Kier molecular flexibility index (Phi) is 3.74. The van der Waals surface area contributed by atoms with E-state index >= 15 is 0 Å². The van der Waals surface area contributed by atoms with E-state index in [1.165, 1.54) is 30.5 Å². The SMILES string of the molecule is O=[N+]([O-])c1cccnc1NC1CCSc2ccc(F)cc21. The summed E-state index contributed by atoms with van der Waals surface area (Å²) in [7, 11) is 0. The first-order chi connectivity index (χ1) is 10.1. The van der Waals surface area contributed by atoms with E-state index in [2.05, 4.69) is 10.3 Å². The first-order valence-corrected chi connectivity index (χ1v) is 7.42. The van der Waals surface area contributed by atoms with Crippen LogP contribution >= 0.6 is 11.8 Å². The van der Waals surface area contributed by atoms with Crippen LogP contribution in [-0.4, -0.2) is 15.7 Å². The van der Waals surface area contributed by atoms with Gasteiger partial charge in [-0.3, -0.25) is 10.1 Å². The fourth-order valence-electron chi connectivity index (χ4n) is 2.34. The van der Waals surface area contributed by atoms with Crippen molar-refractivity contribution in [3.05, 3.63) is 58.0 Å². The van der Waals surface area contributed by atoms with Crippen molar-refractivity contribution in [3.63, 3.8) is 0 Å². The molecule has 5 nitrogen and oxygen atoms in total. The number of halogens is 1. The molecule has 0 saturated carbocycles. The zero-order valence-electron chi connectivity index (χ0n) is 11.0. The number of hydrogen-bond donors (Lipinski definition) is 1. The summed E-state index contributed by atoms with van der Waals surface area (Å²) in [5.74, 6) is 0.782. The minimum absolute atomic E-state index is 0.0753. The minimum Gasteiger partial charge on any atom is -0.357 e. The summed E-state index contributed by atoms with van der Waals surface area (Å²) >= 11 is 1.66. The quantitative estimate of drug-likeness (QED) is 0.690. The molecule has 0 bridgehead atoms. The van der Waals surface area contributed by atoms with Gasteiger partial charge in [-0.1, -0.05) is 0 Å². The lowest BCUT2D eigenvalue weighted by molar-refractivity contribution is -0.384. The molecule has 0 spiro atoms. The van der Waals surface area contributed by atoms with Crippen LogP contribution in [0.25, 0.3) is 0 Å². The van der Waals surface area contributed by atoms with Crippen LogP contribution in [0.5, 0.6) is 0 Å². The summed E-state index contributed by atoms with van der Waals surface area (Å²) in [5.41, 5.74) is 0.750. The van der Waals surface area contributed by atoms with Crippen molar-refractivity contribution < 1.29 is 9.31 Å². The zero-order chi connectivity index (χ0) is 14.8. The van der Waals surface area contributed by atoms with Gasteiger partial charge in [0.1, 0.15) is 5.82 Å². The number of pyridine rings is 1. The molecule has 1 aliphatic heterocycles. The lowest BCUT2D eigenvalue weighted by atomic mass is 10.0. The Morgan fingerprint density at radius 3 is 3.10 bits per heavy atom. The van der Waals surface area contributed by atoms with Gasteiger partial charge in [0, 0.05) is 22.9 Å². The molecule has 0 amide bonds. The highest BCUT2D eigenvalue weighted by Gasteiger charge is 2.24. The monoisotopic (exact) mass is 305 g/mol. The summed E-state index contributed by atoms with van der Waals surface area (Å²) in [6.07, 6.45) is 2.26. The average Bonchev–Trinajstić information content (AvgIpc) is 2.48. The van der Waals surface area contributed by atoms with E-state index in [-0.39, 0.29) is 23.4 Å². The van der Waals surface area contributed by atoms with Crippen molar-refractivity contribution in [2.75, 3.05) is 11.1 Å². The fourth-order valence-corrected chi connectivity index (χ4v) is 3.44. The third-order valence-electron chi connectivity index (χ3n) is 3.31. The van der Waals surface area contributed by atoms with E-state index in [4.69, 9.17) is 0 Å². The summed E-state index contributed by atoms with van der Waals surface area (Å²) in [5, 5.41) is 14.1. The van der Waals surface area contributed by atoms with Crippen LogP contribution in [0.3, 0.4) is 0 Å². The van der Waals surface area contributed by atoms with E-state index in [1.807, 2.05) is 0 Å². The van der Waals surface area contributed by atoms with Gasteiger partial charge in [0.05, 0.1) is 11.0 Å². The van der Waals surface area contributed by atoms with Crippen LogP contribution in [-0.2, 0) is 0 Å². The molecular weight excluding hydrogens is 293 g/mol. The summed E-state index contributed by atoms with van der Waals surface area (Å²) < 4.78 is 13.5. The molecule has 108 valence electrons. The van der Waals surface area contributed by atoms with Crippen molar-refractivity contribution in [1.82, 2.24) is 4.98 Å². The lowest BCUT2D eigenvalue weighted by Gasteiger charge is -2.26. The molecule has 2 heterocycles. The molecule has 1 unspecified atom stereocenters. The molecule has 1 aliphatic rings. The highest BCUT2D eigenvalue weighted by molar-refractivity contribution is 7.99. The summed E-state index contributed by atoms with van der Waals surface area (Å²) in [4.78, 5) is 15.6. The second-order valence-electron chi connectivity index (χ2n) is 4.64. The molecule has 21 heavy (non-hydrogen) atoms. The second-order valence-corrected chi connectivity index (χ2v) is 5.78. The highest BCUT2D eigenvalue weighted by Crippen LogP contribution is 2.39. The molecule has 1 aromatic carbocycles. The maximum atomic E-state index is 13.5. The maximum absolute atomic E-state index is 13.5. The molecule has 7 heteroatoms. The van der Waals surface area contributed by atoms with Crippen LogP contribution in [0, 0.1) is 15.9 Å². The average molecular weight is 305 g/mol. The Labute approximate surface area is 124 Å². The first-order valence-electron chi connectivity index (χ1n) is 6.43. The standard InChI is InChI=1S/C14H12FN3O2S/c15-9-3-4-13-10(8-9)11(5-7-21-13)17-14-12(18(19)20)2-1-6-16-14/h1-4,6,8,11H,5,7H2,(H,16,17). The van der Waals surface area contributed by atoms with Gasteiger partial charge < -0.3 is 5.32 Å². The minimum atomic E-state index is -0.473. The van der Waals surface area contributed by atoms with Crippen molar-refractivity contribution in [2.24, 2.45) is 0 Å². The second kappa shape index (κ2) is 5.69. The summed E-state index contributed by atoms with van der Waals surface area (Å²) in [6, 6.07) is 7.40. The number of anilines is 1. The molecule has 1 N–H and O–H groups in total. The van der Waals surface area contributed by atoms with Gasteiger partial charge in [0.2, 0.25) is 5.82 Å². The van der Waals surface area contributed by atoms with Crippen molar-refractivity contribution in [1.29, 1.82) is 0 Å². The number of nitrogens with one attached hydrogen (secondary N) is 1. The van der Waals surface area contributed by atoms with E-state index < -0.39 is 4.92 Å². The Hall–Kier alpha value is -2.15. The van der Waals surface area contributed by atoms with Crippen molar-refractivity contribution >= 4 is 23.3 Å². The number of rotatable bonds is 3. The van der Waals surface area contributed by atoms with Crippen molar-refractivity contribution in [2.45, 2.75) is 17.4 Å². The van der Waals surface area contributed by atoms with Crippen LogP contribution < -0.4 is 5.32 Å². The molecule has 0 aliphatic carbocycles. The van der Waals surface area contributed by atoms with E-state index in [0.29, 0.717) is 0 Å². The first kappa shape index (κ1) is 13.8. The number of benzene rings is 1. The van der Waals surface area contributed by atoms with Crippen LogP contribution in [0.1, 0.15) is 18.0 Å². The maximum Gasteiger partial charge on any atom is 0.311 e. The molecule has 0 radical (unpaired) electrons. The molecule has 0 fully saturated rings. The van der Waals surface area contributed by atoms with Gasteiger partial charge in [-0.25, -0.2) is 9.37 Å². The predicted octanol–water partition coefficient (Wildman–Crippen LogP) is 3.78.